The van der Waals surface area contributed by atoms with Gasteiger partial charge in [-0.2, -0.15) is 28.1 Å². The van der Waals surface area contributed by atoms with Gasteiger partial charge in [-0.05, 0) is 92.8 Å². The van der Waals surface area contributed by atoms with Crippen LogP contribution in [0.3, 0.4) is 0 Å². The summed E-state index contributed by atoms with van der Waals surface area (Å²) in [6, 6.07) is 10.7. The summed E-state index contributed by atoms with van der Waals surface area (Å²) in [5.74, 6) is -3.19. The van der Waals surface area contributed by atoms with E-state index in [9.17, 15) is 37.5 Å². The molecule has 2 aliphatic rings. The lowest BCUT2D eigenvalue weighted by molar-refractivity contribution is -0.154. The van der Waals surface area contributed by atoms with Crippen LogP contribution in [0.5, 0.6) is 6.01 Å². The first kappa shape index (κ1) is 38.2. The van der Waals surface area contributed by atoms with Crippen molar-refractivity contribution in [1.82, 2.24) is 25.6 Å². The molecule has 0 bridgehead atoms. The zero-order valence-electron chi connectivity index (χ0n) is 28.3. The molecule has 2 amide bonds. The van der Waals surface area contributed by atoms with E-state index < -0.39 is 53.9 Å². The normalized spacial score (nSPS) is 18.4. The highest BCUT2D eigenvalue weighted by molar-refractivity contribution is 6.36. The molecule has 0 radical (unpaired) electrons. The average molecular weight is 746 g/mol. The first-order valence-corrected chi connectivity index (χ1v) is 17.3. The number of hydrogen-bond donors (Lipinski definition) is 5. The van der Waals surface area contributed by atoms with Crippen LogP contribution in [0.2, 0.25) is 5.02 Å². The second-order valence-electron chi connectivity index (χ2n) is 13.0. The van der Waals surface area contributed by atoms with Gasteiger partial charge in [-0.1, -0.05) is 37.1 Å². The van der Waals surface area contributed by atoms with Crippen molar-refractivity contribution in [2.24, 2.45) is 5.92 Å². The molecule has 17 heteroatoms. The Morgan fingerprint density at radius 2 is 1.62 bits per heavy atom. The predicted molar refractivity (Wildman–Crippen MR) is 184 cm³/mol. The standard InChI is InChI=1S/C35H39ClF3N7O6/c1-2-20-3-11-24(12-4-20)40-29(49)27(47)16-15-26(30(50)51)42-28(48)21-5-13-25(14-6-21)41-31-43-32(45-33(44-31)52-19-35(37,38)39)46-34(17-18-34)22-7-9-23(36)10-8-22/h5-10,13-14,20,24,26H,2-4,11-12,15-19H2,1H3,(H,40,49)(H,42,48)(H,50,51)(H2,41,43,44,45,46)/t20?,24?,26-/m0/s1. The summed E-state index contributed by atoms with van der Waals surface area (Å²) in [6.45, 7) is 0.499. The fourth-order valence-corrected chi connectivity index (χ4v) is 6.10. The third-order valence-electron chi connectivity index (χ3n) is 9.16. The zero-order chi connectivity index (χ0) is 37.5. The number of carbonyl (C=O) groups is 4. The van der Waals surface area contributed by atoms with E-state index in [0.717, 1.165) is 37.7 Å². The lowest BCUT2D eigenvalue weighted by Gasteiger charge is -2.28. The first-order chi connectivity index (χ1) is 24.7. The maximum Gasteiger partial charge on any atom is 0.422 e. The molecular formula is C35H39ClF3N7O6. The molecule has 278 valence electrons. The number of ketones is 1. The minimum atomic E-state index is -4.64. The molecule has 0 unspecified atom stereocenters. The van der Waals surface area contributed by atoms with Crippen molar-refractivity contribution in [1.29, 1.82) is 0 Å². The summed E-state index contributed by atoms with van der Waals surface area (Å²) >= 11 is 6.02. The third kappa shape index (κ3) is 10.8. The lowest BCUT2D eigenvalue weighted by atomic mass is 9.84. The molecule has 2 aromatic carbocycles. The fourth-order valence-electron chi connectivity index (χ4n) is 5.98. The average Bonchev–Trinajstić information content (AvgIpc) is 3.89. The number of anilines is 3. The molecule has 2 aliphatic carbocycles. The SMILES string of the molecule is CCC1CCC(NC(=O)C(=O)CC[C@H](NC(=O)c2ccc(Nc3nc(NC4(c5ccc(Cl)cc5)CC4)nc(OCC(F)(F)F)n3)cc2)C(=O)O)CC1. The number of rotatable bonds is 16. The monoisotopic (exact) mass is 745 g/mol. The number of carboxylic acids is 1. The Morgan fingerprint density at radius 3 is 2.21 bits per heavy atom. The minimum Gasteiger partial charge on any atom is -0.480 e. The highest BCUT2D eigenvalue weighted by atomic mass is 35.5. The molecule has 1 heterocycles. The fraction of sp³-hybridized carbons (Fsp3) is 0.457. The molecular weight excluding hydrogens is 707 g/mol. The Bertz CT molecular complexity index is 1750. The van der Waals surface area contributed by atoms with E-state index in [4.69, 9.17) is 16.3 Å². The summed E-state index contributed by atoms with van der Waals surface area (Å²) < 4.78 is 43.6. The van der Waals surface area contributed by atoms with Gasteiger partial charge in [0, 0.05) is 28.7 Å². The largest absolute Gasteiger partial charge is 0.480 e. The van der Waals surface area contributed by atoms with Gasteiger partial charge in [0.2, 0.25) is 17.7 Å². The quantitative estimate of drug-likeness (QED) is 0.110. The van der Waals surface area contributed by atoms with Crippen LogP contribution in [0.15, 0.2) is 48.5 Å². The van der Waals surface area contributed by atoms with Crippen LogP contribution in [-0.2, 0) is 19.9 Å². The van der Waals surface area contributed by atoms with Crippen molar-refractivity contribution in [3.05, 3.63) is 64.7 Å². The van der Waals surface area contributed by atoms with Crippen molar-refractivity contribution >= 4 is 52.8 Å². The number of carbonyl (C=O) groups excluding carboxylic acids is 3. The molecule has 5 rings (SSSR count). The molecule has 0 aliphatic heterocycles. The number of hydrogen-bond acceptors (Lipinski definition) is 10. The number of halogens is 4. The van der Waals surface area contributed by atoms with E-state index in [0.29, 0.717) is 29.5 Å². The Balaban J connectivity index is 1.19. The van der Waals surface area contributed by atoms with Gasteiger partial charge in [0.1, 0.15) is 6.04 Å². The summed E-state index contributed by atoms with van der Waals surface area (Å²) in [4.78, 5) is 62.0. The zero-order valence-corrected chi connectivity index (χ0v) is 29.0. The number of aliphatic carboxylic acids is 1. The maximum atomic E-state index is 12.9. The first-order valence-electron chi connectivity index (χ1n) is 17.0. The van der Waals surface area contributed by atoms with Crippen molar-refractivity contribution in [3.8, 4) is 6.01 Å². The van der Waals surface area contributed by atoms with E-state index in [1.165, 1.54) is 24.3 Å². The van der Waals surface area contributed by atoms with Crippen LogP contribution in [0.25, 0.3) is 0 Å². The summed E-state index contributed by atoms with van der Waals surface area (Å²) in [6.07, 6.45) is 0.725. The number of aromatic nitrogens is 3. The van der Waals surface area contributed by atoms with E-state index >= 15 is 0 Å². The second kappa shape index (κ2) is 16.6. The van der Waals surface area contributed by atoms with Crippen LogP contribution >= 0.6 is 11.6 Å². The number of alkyl halides is 3. The molecule has 5 N–H and O–H groups in total. The predicted octanol–water partition coefficient (Wildman–Crippen LogP) is 5.93. The highest BCUT2D eigenvalue weighted by Crippen LogP contribution is 2.48. The summed E-state index contributed by atoms with van der Waals surface area (Å²) in [5, 5.41) is 21.4. The number of benzene rings is 2. The van der Waals surface area contributed by atoms with Gasteiger partial charge in [-0.25, -0.2) is 4.79 Å². The van der Waals surface area contributed by atoms with E-state index in [1.807, 2.05) is 12.1 Å². The number of nitrogens with zero attached hydrogens (tertiary/aromatic N) is 3. The van der Waals surface area contributed by atoms with Crippen molar-refractivity contribution in [3.63, 3.8) is 0 Å². The highest BCUT2D eigenvalue weighted by Gasteiger charge is 2.45. The molecule has 0 saturated heterocycles. The minimum absolute atomic E-state index is 0.0344. The Morgan fingerprint density at radius 1 is 0.962 bits per heavy atom. The molecule has 13 nitrogen and oxygen atoms in total. The Labute approximate surface area is 302 Å². The molecule has 52 heavy (non-hydrogen) atoms. The molecule has 2 fully saturated rings. The maximum absolute atomic E-state index is 12.9. The smallest absolute Gasteiger partial charge is 0.422 e. The van der Waals surface area contributed by atoms with Gasteiger partial charge in [0.05, 0.1) is 5.54 Å². The molecule has 2 saturated carbocycles. The number of carboxylic acid groups (broad SMARTS) is 1. The number of ether oxygens (including phenoxy) is 1. The molecule has 0 spiro atoms. The van der Waals surface area contributed by atoms with Crippen molar-refractivity contribution in [2.45, 2.75) is 88.5 Å². The van der Waals surface area contributed by atoms with Crippen LogP contribution < -0.4 is 26.0 Å². The van der Waals surface area contributed by atoms with Crippen molar-refractivity contribution < 1.29 is 42.2 Å². The number of Topliss-reactive ketones (excluding diaryl/α,β-unsaturated/α-hetero) is 1. The Kier molecular flexibility index (Phi) is 12.2. The van der Waals surface area contributed by atoms with Crippen molar-refractivity contribution in [2.75, 3.05) is 17.2 Å². The van der Waals surface area contributed by atoms with Gasteiger partial charge in [0.15, 0.2) is 6.61 Å². The lowest BCUT2D eigenvalue weighted by Crippen LogP contribution is -2.43. The molecule has 1 atom stereocenters. The van der Waals surface area contributed by atoms with Gasteiger partial charge in [-0.3, -0.25) is 14.4 Å². The topological polar surface area (TPSA) is 185 Å². The second-order valence-corrected chi connectivity index (χ2v) is 13.4. The van der Waals surface area contributed by atoms with Gasteiger partial charge < -0.3 is 31.1 Å². The van der Waals surface area contributed by atoms with Gasteiger partial charge in [-0.15, -0.1) is 0 Å². The molecule has 3 aromatic rings. The van der Waals surface area contributed by atoms with Crippen LogP contribution in [-0.4, -0.2) is 68.5 Å². The number of nitrogens with one attached hydrogen (secondary N) is 4. The van der Waals surface area contributed by atoms with E-state index in [1.54, 1.807) is 12.1 Å². The van der Waals surface area contributed by atoms with E-state index in [2.05, 4.69) is 43.1 Å². The Hall–Kier alpha value is -4.99. The third-order valence-corrected chi connectivity index (χ3v) is 9.41. The number of amides is 2. The van der Waals surface area contributed by atoms with Crippen LogP contribution in [0, 0.1) is 5.92 Å². The molecule has 1 aromatic heterocycles. The van der Waals surface area contributed by atoms with Gasteiger partial charge >= 0.3 is 18.2 Å². The summed E-state index contributed by atoms with van der Waals surface area (Å²) in [7, 11) is 0. The summed E-state index contributed by atoms with van der Waals surface area (Å²) in [5.41, 5.74) is 0.749. The van der Waals surface area contributed by atoms with Crippen LogP contribution in [0.1, 0.15) is 80.6 Å². The van der Waals surface area contributed by atoms with Crippen LogP contribution in [0.4, 0.5) is 30.8 Å². The van der Waals surface area contributed by atoms with E-state index in [-0.39, 0.29) is 36.3 Å². The van der Waals surface area contributed by atoms with Gasteiger partial charge in [0.25, 0.3) is 11.8 Å².